The summed E-state index contributed by atoms with van der Waals surface area (Å²) < 4.78 is 5.78. The van der Waals surface area contributed by atoms with Crippen LogP contribution in [0.5, 0.6) is 5.75 Å². The lowest BCUT2D eigenvalue weighted by molar-refractivity contribution is 0.400. The molecule has 0 amide bonds. The minimum Gasteiger partial charge on any atom is -0.507 e. The van der Waals surface area contributed by atoms with Crippen LogP contribution in [-0.2, 0) is 12.8 Å². The SMILES string of the molecule is NCC1CCc2nc(-c3ccccc3O)oc2C1. The fourth-order valence-electron chi connectivity index (χ4n) is 2.41. The average molecular weight is 244 g/mol. The normalized spacial score (nSPS) is 18.6. The maximum Gasteiger partial charge on any atom is 0.230 e. The van der Waals surface area contributed by atoms with E-state index in [2.05, 4.69) is 4.98 Å². The summed E-state index contributed by atoms with van der Waals surface area (Å²) in [5.41, 5.74) is 7.36. The van der Waals surface area contributed by atoms with Crippen molar-refractivity contribution in [3.63, 3.8) is 0 Å². The molecule has 0 saturated heterocycles. The lowest BCUT2D eigenvalue weighted by atomic mass is 9.91. The molecule has 1 aromatic carbocycles. The van der Waals surface area contributed by atoms with Gasteiger partial charge in [0.2, 0.25) is 5.89 Å². The van der Waals surface area contributed by atoms with Crippen LogP contribution in [-0.4, -0.2) is 16.6 Å². The van der Waals surface area contributed by atoms with Crippen molar-refractivity contribution in [1.29, 1.82) is 0 Å². The predicted molar refractivity (Wildman–Crippen MR) is 68.2 cm³/mol. The van der Waals surface area contributed by atoms with Gasteiger partial charge in [-0.15, -0.1) is 0 Å². The van der Waals surface area contributed by atoms with E-state index in [0.717, 1.165) is 30.7 Å². The molecule has 18 heavy (non-hydrogen) atoms. The van der Waals surface area contributed by atoms with Gasteiger partial charge >= 0.3 is 0 Å². The third kappa shape index (κ3) is 1.88. The number of phenolic OH excluding ortho intramolecular Hbond substituents is 1. The molecule has 1 heterocycles. The van der Waals surface area contributed by atoms with E-state index < -0.39 is 0 Å². The number of fused-ring (bicyclic) bond motifs is 1. The Balaban J connectivity index is 1.97. The largest absolute Gasteiger partial charge is 0.507 e. The van der Waals surface area contributed by atoms with Crippen LogP contribution in [0.25, 0.3) is 11.5 Å². The van der Waals surface area contributed by atoms with E-state index >= 15 is 0 Å². The fraction of sp³-hybridized carbons (Fsp3) is 0.357. The summed E-state index contributed by atoms with van der Waals surface area (Å²) in [6.45, 7) is 0.687. The average Bonchev–Trinajstić information content (AvgIpc) is 2.81. The van der Waals surface area contributed by atoms with E-state index in [0.29, 0.717) is 23.9 Å². The summed E-state index contributed by atoms with van der Waals surface area (Å²) in [5, 5.41) is 9.80. The monoisotopic (exact) mass is 244 g/mol. The van der Waals surface area contributed by atoms with Gasteiger partial charge in [0.15, 0.2) is 0 Å². The van der Waals surface area contributed by atoms with Crippen LogP contribution in [0.4, 0.5) is 0 Å². The molecule has 3 N–H and O–H groups in total. The van der Waals surface area contributed by atoms with Crippen molar-refractivity contribution < 1.29 is 9.52 Å². The first-order valence-electron chi connectivity index (χ1n) is 6.25. The Bertz CT molecular complexity index is 563. The lowest BCUT2D eigenvalue weighted by Gasteiger charge is -2.17. The molecule has 1 aliphatic rings. The van der Waals surface area contributed by atoms with E-state index in [4.69, 9.17) is 10.2 Å². The van der Waals surface area contributed by atoms with E-state index in [9.17, 15) is 5.11 Å². The molecule has 0 spiro atoms. The molecular formula is C14H16N2O2. The third-order valence-corrected chi connectivity index (χ3v) is 3.51. The topological polar surface area (TPSA) is 72.3 Å². The maximum absolute atomic E-state index is 9.80. The molecule has 0 aliphatic heterocycles. The second kappa shape index (κ2) is 4.46. The first-order valence-corrected chi connectivity index (χ1v) is 6.25. The molecule has 94 valence electrons. The summed E-state index contributed by atoms with van der Waals surface area (Å²) in [7, 11) is 0. The number of benzene rings is 1. The Morgan fingerprint density at radius 3 is 3.00 bits per heavy atom. The van der Waals surface area contributed by atoms with Gasteiger partial charge in [-0.05, 0) is 37.4 Å². The van der Waals surface area contributed by atoms with Crippen LogP contribution in [0, 0.1) is 5.92 Å². The molecule has 4 nitrogen and oxygen atoms in total. The Kier molecular flexibility index (Phi) is 2.80. The molecule has 1 aromatic heterocycles. The summed E-state index contributed by atoms with van der Waals surface area (Å²) in [6, 6.07) is 7.10. The van der Waals surface area contributed by atoms with Gasteiger partial charge < -0.3 is 15.3 Å². The van der Waals surface area contributed by atoms with Crippen molar-refractivity contribution in [2.75, 3.05) is 6.54 Å². The standard InChI is InChI=1S/C14H16N2O2/c15-8-9-5-6-11-13(7-9)18-14(16-11)10-3-1-2-4-12(10)17/h1-4,9,17H,5-8,15H2. The van der Waals surface area contributed by atoms with Gasteiger partial charge in [0, 0.05) is 6.42 Å². The molecular weight excluding hydrogens is 228 g/mol. The van der Waals surface area contributed by atoms with Crippen molar-refractivity contribution >= 4 is 0 Å². The molecule has 0 fully saturated rings. The molecule has 1 unspecified atom stereocenters. The van der Waals surface area contributed by atoms with Gasteiger partial charge in [-0.2, -0.15) is 0 Å². The van der Waals surface area contributed by atoms with Crippen molar-refractivity contribution in [2.24, 2.45) is 11.7 Å². The number of nitrogens with two attached hydrogens (primary N) is 1. The highest BCUT2D eigenvalue weighted by Crippen LogP contribution is 2.33. The van der Waals surface area contributed by atoms with E-state index in [1.54, 1.807) is 12.1 Å². The van der Waals surface area contributed by atoms with Gasteiger partial charge in [0.1, 0.15) is 11.5 Å². The second-order valence-corrected chi connectivity index (χ2v) is 4.75. The first kappa shape index (κ1) is 11.3. The summed E-state index contributed by atoms with van der Waals surface area (Å²) in [4.78, 5) is 4.48. The van der Waals surface area contributed by atoms with Crippen LogP contribution in [0.1, 0.15) is 17.9 Å². The second-order valence-electron chi connectivity index (χ2n) is 4.75. The minimum absolute atomic E-state index is 0.200. The molecule has 0 bridgehead atoms. The molecule has 1 aliphatic carbocycles. The Labute approximate surface area is 105 Å². The van der Waals surface area contributed by atoms with Crippen molar-refractivity contribution in [3.8, 4) is 17.2 Å². The van der Waals surface area contributed by atoms with E-state index in [1.165, 1.54) is 0 Å². The number of aromatic nitrogens is 1. The predicted octanol–water partition coefficient (Wildman–Crippen LogP) is 2.11. The Morgan fingerprint density at radius 2 is 2.22 bits per heavy atom. The molecule has 2 aromatic rings. The Hall–Kier alpha value is -1.81. The van der Waals surface area contributed by atoms with Crippen LogP contribution < -0.4 is 5.73 Å². The molecule has 4 heteroatoms. The van der Waals surface area contributed by atoms with E-state index in [-0.39, 0.29) is 5.75 Å². The fourth-order valence-corrected chi connectivity index (χ4v) is 2.41. The van der Waals surface area contributed by atoms with Crippen LogP contribution in [0.3, 0.4) is 0 Å². The summed E-state index contributed by atoms with van der Waals surface area (Å²) >= 11 is 0. The molecule has 1 atom stereocenters. The number of nitrogens with zero attached hydrogens (tertiary/aromatic N) is 1. The Morgan fingerprint density at radius 1 is 1.39 bits per heavy atom. The van der Waals surface area contributed by atoms with Gasteiger partial charge in [-0.3, -0.25) is 0 Å². The molecule has 0 saturated carbocycles. The minimum atomic E-state index is 0.200. The number of para-hydroxylation sites is 1. The van der Waals surface area contributed by atoms with Crippen molar-refractivity contribution in [1.82, 2.24) is 4.98 Å². The molecule has 3 rings (SSSR count). The van der Waals surface area contributed by atoms with Crippen LogP contribution >= 0.6 is 0 Å². The maximum atomic E-state index is 9.80. The van der Waals surface area contributed by atoms with Crippen molar-refractivity contribution in [3.05, 3.63) is 35.7 Å². The lowest BCUT2D eigenvalue weighted by Crippen LogP contribution is -2.21. The number of oxazole rings is 1. The van der Waals surface area contributed by atoms with Gasteiger partial charge in [-0.25, -0.2) is 4.98 Å². The van der Waals surface area contributed by atoms with E-state index in [1.807, 2.05) is 12.1 Å². The number of phenols is 1. The van der Waals surface area contributed by atoms with Crippen molar-refractivity contribution in [2.45, 2.75) is 19.3 Å². The third-order valence-electron chi connectivity index (χ3n) is 3.51. The first-order chi connectivity index (χ1) is 8.78. The number of hydrogen-bond acceptors (Lipinski definition) is 4. The highest BCUT2D eigenvalue weighted by atomic mass is 16.4. The zero-order valence-corrected chi connectivity index (χ0v) is 10.1. The number of aromatic hydroxyl groups is 1. The summed E-state index contributed by atoms with van der Waals surface area (Å²) in [6.07, 6.45) is 2.83. The zero-order chi connectivity index (χ0) is 12.5. The quantitative estimate of drug-likeness (QED) is 0.848. The summed E-state index contributed by atoms with van der Waals surface area (Å²) in [5.74, 6) is 2.12. The number of hydrogen-bond donors (Lipinski definition) is 2. The van der Waals surface area contributed by atoms with Crippen LogP contribution in [0.2, 0.25) is 0 Å². The van der Waals surface area contributed by atoms with Crippen LogP contribution in [0.15, 0.2) is 28.7 Å². The van der Waals surface area contributed by atoms with Gasteiger partial charge in [0.05, 0.1) is 11.3 Å². The highest BCUT2D eigenvalue weighted by molar-refractivity contribution is 5.62. The zero-order valence-electron chi connectivity index (χ0n) is 10.1. The number of rotatable bonds is 2. The highest BCUT2D eigenvalue weighted by Gasteiger charge is 2.24. The van der Waals surface area contributed by atoms with Gasteiger partial charge in [0.25, 0.3) is 0 Å². The smallest absolute Gasteiger partial charge is 0.230 e. The van der Waals surface area contributed by atoms with Gasteiger partial charge in [-0.1, -0.05) is 12.1 Å². The molecule has 0 radical (unpaired) electrons. The number of aryl methyl sites for hydroxylation is 1.